The van der Waals surface area contributed by atoms with Crippen LogP contribution in [0.5, 0.6) is 11.5 Å². The Morgan fingerprint density at radius 3 is 2.50 bits per heavy atom. The summed E-state index contributed by atoms with van der Waals surface area (Å²) < 4.78 is 18.4. The first-order valence-electron chi connectivity index (χ1n) is 9.50. The normalized spacial score (nSPS) is 11.1. The van der Waals surface area contributed by atoms with Gasteiger partial charge in [-0.1, -0.05) is 24.6 Å². The number of benzene rings is 2. The summed E-state index contributed by atoms with van der Waals surface area (Å²) in [5.74, 6) is -0.921. The third kappa shape index (κ3) is 6.89. The molecule has 2 amide bonds. The van der Waals surface area contributed by atoms with Crippen LogP contribution in [-0.4, -0.2) is 35.8 Å². The number of aromatic hydroxyl groups is 1. The lowest BCUT2D eigenvalue weighted by Gasteiger charge is -2.11. The van der Waals surface area contributed by atoms with E-state index in [9.17, 15) is 19.1 Å². The Balaban J connectivity index is 2.11. The molecule has 0 fully saturated rings. The molecule has 160 valence electrons. The Bertz CT molecular complexity index is 897. The van der Waals surface area contributed by atoms with Crippen molar-refractivity contribution in [3.8, 4) is 11.5 Å². The molecule has 0 bridgehead atoms. The van der Waals surface area contributed by atoms with Gasteiger partial charge in [0.05, 0.1) is 7.11 Å². The molecular weight excluding hydrogens is 391 g/mol. The smallest absolute Gasteiger partial charge is 0.251 e. The van der Waals surface area contributed by atoms with Gasteiger partial charge in [-0.25, -0.2) is 9.87 Å². The molecule has 30 heavy (non-hydrogen) atoms. The third-order valence-corrected chi connectivity index (χ3v) is 4.41. The molecule has 2 aromatic carbocycles. The number of halogens is 1. The highest BCUT2D eigenvalue weighted by molar-refractivity contribution is 6.24. The van der Waals surface area contributed by atoms with Crippen molar-refractivity contribution in [2.75, 3.05) is 13.7 Å². The molecule has 8 heteroatoms. The number of hydrogen-bond donors (Lipinski definition) is 4. The Hall–Kier alpha value is -3.39. The first-order chi connectivity index (χ1) is 14.4. The van der Waals surface area contributed by atoms with Crippen LogP contribution in [0.2, 0.25) is 0 Å². The molecule has 0 heterocycles. The van der Waals surface area contributed by atoms with Crippen LogP contribution in [0.25, 0.3) is 11.6 Å². The first-order valence-corrected chi connectivity index (χ1v) is 9.50. The molecule has 0 saturated carbocycles. The summed E-state index contributed by atoms with van der Waals surface area (Å²) in [4.78, 5) is 23.8. The molecule has 0 radical (unpaired) electrons. The van der Waals surface area contributed by atoms with E-state index in [-0.39, 0.29) is 23.8 Å². The van der Waals surface area contributed by atoms with Gasteiger partial charge in [-0.3, -0.25) is 14.8 Å². The number of methoxy groups -OCH3 is 1. The molecule has 0 unspecified atom stereocenters. The number of nitrogens with one attached hydrogen (secondary N) is 2. The minimum atomic E-state index is -0.440. The standard InChI is InChI=1S/C22H25FN2O5/c1-30-20-14-15(6-11-19(20)26)13-18(16-7-9-17(23)10-8-16)22(28)24-12-4-2-3-5-21(27)25-29/h6-11,13-14,26,29H,2-5,12H2,1H3,(H,24,28)(H,25,27)/b18-13+. The summed E-state index contributed by atoms with van der Waals surface area (Å²) in [6.45, 7) is 0.400. The van der Waals surface area contributed by atoms with E-state index in [4.69, 9.17) is 9.94 Å². The second kappa shape index (κ2) is 11.6. The van der Waals surface area contributed by atoms with Crippen molar-refractivity contribution in [2.24, 2.45) is 0 Å². The van der Waals surface area contributed by atoms with Gasteiger partial charge in [0.15, 0.2) is 11.5 Å². The van der Waals surface area contributed by atoms with E-state index in [1.54, 1.807) is 23.7 Å². The summed E-state index contributed by atoms with van der Waals surface area (Å²) >= 11 is 0. The van der Waals surface area contributed by atoms with Gasteiger partial charge in [-0.15, -0.1) is 0 Å². The van der Waals surface area contributed by atoms with Gasteiger partial charge < -0.3 is 15.2 Å². The van der Waals surface area contributed by atoms with Gasteiger partial charge >= 0.3 is 0 Å². The van der Waals surface area contributed by atoms with Crippen LogP contribution in [-0.2, 0) is 9.59 Å². The number of rotatable bonds is 10. The fraction of sp³-hybridized carbons (Fsp3) is 0.273. The van der Waals surface area contributed by atoms with Crippen LogP contribution < -0.4 is 15.5 Å². The Labute approximate surface area is 174 Å². The predicted molar refractivity (Wildman–Crippen MR) is 110 cm³/mol. The SMILES string of the molecule is COc1cc(/C=C(/C(=O)NCCCCCC(=O)NO)c2ccc(F)cc2)ccc1O. The van der Waals surface area contributed by atoms with E-state index in [1.165, 1.54) is 37.4 Å². The van der Waals surface area contributed by atoms with E-state index in [0.717, 1.165) is 0 Å². The van der Waals surface area contributed by atoms with Crippen molar-refractivity contribution in [3.05, 3.63) is 59.4 Å². The number of amides is 2. The maximum atomic E-state index is 13.3. The maximum Gasteiger partial charge on any atom is 0.251 e. The van der Waals surface area contributed by atoms with Crippen molar-refractivity contribution >= 4 is 23.5 Å². The van der Waals surface area contributed by atoms with Crippen LogP contribution in [0, 0.1) is 5.82 Å². The first kappa shape index (κ1) is 22.9. The van der Waals surface area contributed by atoms with Gasteiger partial charge in [0.2, 0.25) is 5.91 Å². The zero-order chi connectivity index (χ0) is 21.9. The molecule has 0 spiro atoms. The molecular formula is C22H25FN2O5. The Morgan fingerprint density at radius 2 is 1.83 bits per heavy atom. The topological polar surface area (TPSA) is 108 Å². The van der Waals surface area contributed by atoms with Gasteiger partial charge in [-0.2, -0.15) is 0 Å². The van der Waals surface area contributed by atoms with Gasteiger partial charge in [-0.05, 0) is 54.3 Å². The van der Waals surface area contributed by atoms with Crippen LogP contribution >= 0.6 is 0 Å². The van der Waals surface area contributed by atoms with Crippen LogP contribution in [0.4, 0.5) is 4.39 Å². The molecule has 0 aliphatic heterocycles. The Morgan fingerprint density at radius 1 is 1.10 bits per heavy atom. The van der Waals surface area contributed by atoms with Gasteiger partial charge in [0, 0.05) is 18.5 Å². The number of unbranched alkanes of at least 4 members (excludes halogenated alkanes) is 2. The zero-order valence-corrected chi connectivity index (χ0v) is 16.7. The average molecular weight is 416 g/mol. The van der Waals surface area contributed by atoms with Crippen LogP contribution in [0.1, 0.15) is 36.8 Å². The maximum absolute atomic E-state index is 13.3. The second-order valence-electron chi connectivity index (χ2n) is 6.60. The van der Waals surface area contributed by atoms with E-state index in [2.05, 4.69) is 5.32 Å². The largest absolute Gasteiger partial charge is 0.504 e. The summed E-state index contributed by atoms with van der Waals surface area (Å²) in [6, 6.07) is 10.3. The van der Waals surface area contributed by atoms with E-state index < -0.39 is 11.7 Å². The van der Waals surface area contributed by atoms with Gasteiger partial charge in [0.1, 0.15) is 5.82 Å². The van der Waals surface area contributed by atoms with Crippen molar-refractivity contribution in [3.63, 3.8) is 0 Å². The van der Waals surface area contributed by atoms with E-state index in [1.807, 2.05) is 0 Å². The van der Waals surface area contributed by atoms with Gasteiger partial charge in [0.25, 0.3) is 5.91 Å². The highest BCUT2D eigenvalue weighted by Gasteiger charge is 2.13. The molecule has 0 aromatic heterocycles. The highest BCUT2D eigenvalue weighted by atomic mass is 19.1. The average Bonchev–Trinajstić information content (AvgIpc) is 2.75. The number of hydrogen-bond acceptors (Lipinski definition) is 5. The Kier molecular flexibility index (Phi) is 8.83. The summed E-state index contributed by atoms with van der Waals surface area (Å²) in [5.41, 5.74) is 3.09. The summed E-state index contributed by atoms with van der Waals surface area (Å²) in [5, 5.41) is 21.0. The molecule has 7 nitrogen and oxygen atoms in total. The minimum Gasteiger partial charge on any atom is -0.504 e. The third-order valence-electron chi connectivity index (χ3n) is 4.41. The lowest BCUT2D eigenvalue weighted by atomic mass is 10.0. The number of carbonyl (C=O) groups is 2. The molecule has 2 rings (SSSR count). The van der Waals surface area contributed by atoms with Crippen molar-refractivity contribution in [1.82, 2.24) is 10.8 Å². The molecule has 2 aromatic rings. The van der Waals surface area contributed by atoms with Crippen molar-refractivity contribution in [2.45, 2.75) is 25.7 Å². The lowest BCUT2D eigenvalue weighted by Crippen LogP contribution is -2.25. The fourth-order valence-electron chi connectivity index (χ4n) is 2.80. The molecule has 0 atom stereocenters. The van der Waals surface area contributed by atoms with E-state index >= 15 is 0 Å². The monoisotopic (exact) mass is 416 g/mol. The molecule has 0 aliphatic rings. The number of phenols is 1. The highest BCUT2D eigenvalue weighted by Crippen LogP contribution is 2.28. The van der Waals surface area contributed by atoms with Crippen molar-refractivity contribution in [1.29, 1.82) is 0 Å². The van der Waals surface area contributed by atoms with E-state index in [0.29, 0.717) is 42.5 Å². The number of carbonyl (C=O) groups excluding carboxylic acids is 2. The number of phenolic OH excluding ortho intramolecular Hbond substituents is 1. The van der Waals surface area contributed by atoms with Crippen molar-refractivity contribution < 1.29 is 29.0 Å². The molecule has 0 saturated heterocycles. The lowest BCUT2D eigenvalue weighted by molar-refractivity contribution is -0.129. The number of ether oxygens (including phenoxy) is 1. The predicted octanol–water partition coefficient (Wildman–Crippen LogP) is 3.26. The summed E-state index contributed by atoms with van der Waals surface area (Å²) in [6.07, 6.45) is 3.81. The fourth-order valence-corrected chi connectivity index (χ4v) is 2.80. The second-order valence-corrected chi connectivity index (χ2v) is 6.60. The number of hydroxylamine groups is 1. The van der Waals surface area contributed by atoms with Crippen LogP contribution in [0.15, 0.2) is 42.5 Å². The quantitative estimate of drug-likeness (QED) is 0.156. The molecule has 0 aliphatic carbocycles. The molecule has 4 N–H and O–H groups in total. The zero-order valence-electron chi connectivity index (χ0n) is 16.7. The van der Waals surface area contributed by atoms with Crippen LogP contribution in [0.3, 0.4) is 0 Å². The minimum absolute atomic E-state index is 0.0164. The summed E-state index contributed by atoms with van der Waals surface area (Å²) in [7, 11) is 1.43.